The average Bonchev–Trinajstić information content (AvgIpc) is 1.61. The third-order valence-corrected chi connectivity index (χ3v) is 21.3. The maximum atomic E-state index is 15.4. The fourth-order valence-corrected chi connectivity index (χ4v) is 14.1. The molecule has 0 radical (unpaired) electrons. The van der Waals surface area contributed by atoms with Gasteiger partial charge in [0.05, 0.1) is 51.9 Å². The third-order valence-electron chi connectivity index (χ3n) is 13.4. The van der Waals surface area contributed by atoms with Crippen LogP contribution in [0.3, 0.4) is 0 Å². The molecule has 0 spiro atoms. The number of rotatable bonds is 25. The van der Waals surface area contributed by atoms with Crippen LogP contribution in [0.15, 0.2) is 61.2 Å². The molecular formula is C63H95ClF2MgN11O19P3S4. The van der Waals surface area contributed by atoms with Crippen LogP contribution in [0.25, 0.3) is 11.0 Å². The number of nitrogens with two attached hydrogens (primary N) is 2. The molecule has 7 rings (SSSR count). The summed E-state index contributed by atoms with van der Waals surface area (Å²) in [6.07, 6.45) is -8.10. The Morgan fingerprint density at radius 3 is 1.28 bits per heavy atom. The van der Waals surface area contributed by atoms with E-state index in [1.807, 2.05) is 0 Å². The number of nitrogens with zero attached hydrogens (tertiary/aromatic N) is 9. The first kappa shape index (κ1) is 95.8. The average molecular weight is 1630 g/mol. The summed E-state index contributed by atoms with van der Waals surface area (Å²) in [6.45, 7) is 25.3. The van der Waals surface area contributed by atoms with Crippen molar-refractivity contribution in [2.75, 3.05) is 74.1 Å². The van der Waals surface area contributed by atoms with E-state index >= 15 is 4.39 Å². The number of non-ortho nitro benzene ring substituents is 1. The van der Waals surface area contributed by atoms with Crippen LogP contribution in [-0.4, -0.2) is 194 Å². The molecule has 41 heteroatoms. The Bertz CT molecular complexity index is 3760. The summed E-state index contributed by atoms with van der Waals surface area (Å²) in [5, 5.41) is 67.5. The Morgan fingerprint density at radius 1 is 0.663 bits per heavy atom. The summed E-state index contributed by atoms with van der Waals surface area (Å²) in [7, 11) is -8.97. The van der Waals surface area contributed by atoms with Crippen molar-refractivity contribution in [3.05, 3.63) is 88.6 Å². The third kappa shape index (κ3) is 28.6. The number of phosphoric acid groups is 2. The summed E-state index contributed by atoms with van der Waals surface area (Å²) in [4.78, 5) is 66.4. The first-order valence-electron chi connectivity index (χ1n) is 31.8. The van der Waals surface area contributed by atoms with Crippen molar-refractivity contribution < 1.29 is 106 Å². The normalized spacial score (nSPS) is 20.4. The molecule has 7 N–H and O–H groups in total. The zero-order valence-electron chi connectivity index (χ0n) is 61.7. The van der Waals surface area contributed by atoms with Crippen molar-refractivity contribution in [2.45, 2.75) is 159 Å². The summed E-state index contributed by atoms with van der Waals surface area (Å²) in [5.41, 5.74) is 6.11. The summed E-state index contributed by atoms with van der Waals surface area (Å²) < 4.78 is 114. The number of phosphoric ester groups is 2. The van der Waals surface area contributed by atoms with Crippen molar-refractivity contribution in [1.29, 1.82) is 13.1 Å². The SMILES string of the molecule is C.CC(C)(C)C(=O)SCCOP(=O)(OCCSC(=O)C(C)(C)C)OC[C@@]1(C#N)O[C@@H](c2ccc3c(N)ncnn23)[C@H](F)[C@@H]1O.CC(C)(C)C(=O)SCCOP(=O)(OCCSC(=O)C(C)(C)C)Oc1ccc([N+](=O)[O-])cc1.C[C-](C)C.N#C[C@]1(CO)O[C@@H](c2ccc3c(N)ncnn23)[C@H](F)[C@@H]1O.[2H]P[2H].[Cl-].[Mg+2]. The number of fused-ring (bicyclic) bond motifs is 2. The van der Waals surface area contributed by atoms with Crippen LogP contribution < -0.4 is 28.4 Å². The van der Waals surface area contributed by atoms with Crippen molar-refractivity contribution in [2.24, 2.45) is 21.7 Å². The fourth-order valence-electron chi connectivity index (χ4n) is 8.03. The number of aliphatic hydroxyl groups excluding tert-OH is 3. The number of nitro groups is 1. The van der Waals surface area contributed by atoms with Gasteiger partial charge in [-0.25, -0.2) is 36.9 Å². The number of anilines is 2. The molecular weight excluding hydrogens is 1530 g/mol. The quantitative estimate of drug-likeness (QED) is 0.00919. The minimum atomic E-state index is -4.46. The number of aliphatic hydroxyl groups is 3. The van der Waals surface area contributed by atoms with Crippen LogP contribution in [0, 0.1) is 60.4 Å². The number of benzene rings is 1. The first-order chi connectivity index (χ1) is 47.8. The van der Waals surface area contributed by atoms with E-state index in [2.05, 4.69) is 40.9 Å². The Balaban J connectivity index is 0.00000154. The van der Waals surface area contributed by atoms with Crippen LogP contribution in [0.5, 0.6) is 5.75 Å². The fraction of sp³-hybridized carbons (Fsp3) is 0.603. The number of halogens is 3. The molecule has 30 nitrogen and oxygen atoms in total. The summed E-state index contributed by atoms with van der Waals surface area (Å²) in [6, 6.07) is 14.5. The van der Waals surface area contributed by atoms with Gasteiger partial charge in [-0.05, 0) is 36.4 Å². The Hall–Kier alpha value is -4.27. The number of carbonyl (C=O) groups excluding carboxylic acids is 4. The van der Waals surface area contributed by atoms with Gasteiger partial charge in [-0.15, -0.1) is 0 Å². The molecule has 5 aromatic rings. The minimum Gasteiger partial charge on any atom is -1.00 e. The number of alkyl halides is 2. The first-order valence-corrected chi connectivity index (χ1v) is 37.6. The number of nitriles is 2. The van der Waals surface area contributed by atoms with Crippen LogP contribution >= 0.6 is 72.5 Å². The number of hydrogen-bond acceptors (Lipinski definition) is 31. The maximum Gasteiger partial charge on any atom is 2.00 e. The van der Waals surface area contributed by atoms with Gasteiger partial charge in [0.15, 0.2) is 44.4 Å². The molecule has 2 saturated heterocycles. The van der Waals surface area contributed by atoms with Gasteiger partial charge >= 0.3 is 38.7 Å². The number of nitro benzene ring substituents is 1. The number of aromatic nitrogens is 6. The molecule has 6 heterocycles. The smallest absolute Gasteiger partial charge is 1.00 e. The van der Waals surface area contributed by atoms with Gasteiger partial charge in [-0.1, -0.05) is 138 Å². The van der Waals surface area contributed by atoms with E-state index in [1.165, 1.54) is 63.7 Å². The summed E-state index contributed by atoms with van der Waals surface area (Å²) in [5.74, 6) is 2.54. The van der Waals surface area contributed by atoms with Crippen molar-refractivity contribution >= 4 is 144 Å². The Morgan fingerprint density at radius 2 is 0.981 bits per heavy atom. The van der Waals surface area contributed by atoms with Crippen molar-refractivity contribution in [3.8, 4) is 17.9 Å². The van der Waals surface area contributed by atoms with Gasteiger partial charge in [-0.3, -0.25) is 51.9 Å². The molecule has 8 atom stereocenters. The largest absolute Gasteiger partial charge is 2.00 e. The number of carbonyl (C=O) groups is 4. The van der Waals surface area contributed by atoms with Crippen LogP contribution in [-0.2, 0) is 60.4 Å². The van der Waals surface area contributed by atoms with Gasteiger partial charge in [-0.2, -0.15) is 51.3 Å². The van der Waals surface area contributed by atoms with E-state index in [-0.39, 0.29) is 147 Å². The second-order valence-electron chi connectivity index (χ2n) is 26.8. The van der Waals surface area contributed by atoms with Gasteiger partial charge in [0.2, 0.25) is 11.2 Å². The van der Waals surface area contributed by atoms with E-state index in [0.29, 0.717) is 11.0 Å². The Labute approximate surface area is 650 Å². The number of ether oxygens (including phenoxy) is 2. The van der Waals surface area contributed by atoms with Gasteiger partial charge in [0, 0.05) is 56.8 Å². The van der Waals surface area contributed by atoms with Crippen molar-refractivity contribution in [1.82, 2.24) is 29.2 Å². The van der Waals surface area contributed by atoms with E-state index in [0.717, 1.165) is 53.4 Å². The van der Waals surface area contributed by atoms with E-state index in [1.54, 1.807) is 101 Å². The summed E-state index contributed by atoms with van der Waals surface area (Å²) >= 11 is 4.05. The van der Waals surface area contributed by atoms with E-state index < -0.39 is 113 Å². The molecule has 0 amide bonds. The van der Waals surface area contributed by atoms with Gasteiger partial charge < -0.3 is 59.1 Å². The molecule has 578 valence electrons. The second-order valence-corrected chi connectivity index (χ2v) is 34.3. The standard InChI is InChI=1S/C26H37FN5O8PS2.C20H30NO8PS2.C12H12FN5O3.C4H9.CH4.ClH.Mg.H3P/c1-24(2,3)22(34)42-11-9-37-41(36,38-10-12-43-23(35)25(4,5)6)39-14-26(13-28)20(33)18(27)19(40-26)16-7-8-17-21(29)30-15-31-32(16)17;1-19(2,3)17(22)31-13-11-27-30(26,28-12-14-32-18(23)20(4,5)6)29-16-9-7-15(8-10-16)21(24)25;13-8-9(21-12(3-14,4-19)10(8)20)6-1-2-7-11(15)16-5-17-18(6)7;1-4(2)3;;;;/h7-8,15,18-20,33H,9-12,14H2,1-6H3,(H2,29,30,31);7-10H,11-14H2,1-6H3;1-2,5,8-10,19-20H,4H2,(H2,15,16,17);1-3H3;1H4;1H;;1H3/q;;;-1;;;+2;/p-1/t18-,19-,20-,26+;;8-,9-,10-,12+;;;;;/m0.0...../s1/i;;;;;;;1D2. The van der Waals surface area contributed by atoms with Gasteiger partial charge in [0.25, 0.3) is 5.69 Å². The predicted molar refractivity (Wildman–Crippen MR) is 398 cm³/mol. The van der Waals surface area contributed by atoms with Crippen LogP contribution in [0.1, 0.15) is 135 Å². The molecule has 104 heavy (non-hydrogen) atoms. The second kappa shape index (κ2) is 43.2. The zero-order valence-corrected chi connectivity index (χ0v) is 68.0. The minimum absolute atomic E-state index is 0. The topological polar surface area (TPSA) is 440 Å². The number of hydrogen-bond donors (Lipinski definition) is 5. The maximum absolute atomic E-state index is 15.4. The molecule has 0 saturated carbocycles. The molecule has 0 bridgehead atoms. The zero-order chi connectivity index (χ0) is 78.3. The molecule has 1 aromatic carbocycles. The van der Waals surface area contributed by atoms with Crippen LogP contribution in [0.4, 0.5) is 26.1 Å². The molecule has 2 aliphatic rings. The number of nitrogen functional groups attached to an aromatic ring is 2. The predicted octanol–water partition coefficient (Wildman–Crippen LogP) is 8.12. The Kier molecular flexibility index (Phi) is 39.8. The van der Waals surface area contributed by atoms with E-state index in [9.17, 15) is 63.4 Å². The molecule has 0 unspecified atom stereocenters. The monoisotopic (exact) mass is 1630 g/mol. The number of thioether (sulfide) groups is 4. The van der Waals surface area contributed by atoms with Crippen LogP contribution in [0.2, 0.25) is 0 Å². The van der Waals surface area contributed by atoms with Crippen molar-refractivity contribution in [3.63, 3.8) is 0 Å². The molecule has 2 fully saturated rings. The molecule has 0 aliphatic carbocycles. The van der Waals surface area contributed by atoms with E-state index in [4.69, 9.17) is 55.9 Å². The van der Waals surface area contributed by atoms with Gasteiger partial charge in [0.1, 0.15) is 72.6 Å². The molecule has 4 aromatic heterocycles. The molecule has 2 aliphatic heterocycles.